The summed E-state index contributed by atoms with van der Waals surface area (Å²) in [5.74, 6) is -4.89. The van der Waals surface area contributed by atoms with Gasteiger partial charge in [-0.1, -0.05) is 5.21 Å². The molecule has 1 saturated heterocycles. The van der Waals surface area contributed by atoms with Crippen molar-refractivity contribution in [3.8, 4) is 0 Å². The lowest BCUT2D eigenvalue weighted by molar-refractivity contribution is -0.138. The Morgan fingerprint density at radius 3 is 2.24 bits per heavy atom. The van der Waals surface area contributed by atoms with E-state index in [0.29, 0.717) is 0 Å². The van der Waals surface area contributed by atoms with Crippen molar-refractivity contribution in [3.05, 3.63) is 41.3 Å². The number of halogens is 6. The Balaban J connectivity index is 1.51. The van der Waals surface area contributed by atoms with Crippen LogP contribution in [0.4, 0.5) is 26.3 Å². The molecule has 210 valence electrons. The van der Waals surface area contributed by atoms with E-state index in [9.17, 15) is 39.6 Å². The van der Waals surface area contributed by atoms with E-state index in [2.05, 4.69) is 10.3 Å². The predicted octanol–water partition coefficient (Wildman–Crippen LogP) is 3.89. The van der Waals surface area contributed by atoms with Crippen molar-refractivity contribution in [2.75, 3.05) is 26.2 Å². The van der Waals surface area contributed by atoms with E-state index >= 15 is 0 Å². The summed E-state index contributed by atoms with van der Waals surface area (Å²) in [7, 11) is -2.39. The number of aromatic nitrogens is 3. The lowest BCUT2D eigenvalue weighted by Gasteiger charge is -2.50. The van der Waals surface area contributed by atoms with Gasteiger partial charge >= 0.3 is 6.18 Å². The number of benzene rings is 1. The number of piperazine rings is 1. The van der Waals surface area contributed by atoms with Crippen molar-refractivity contribution in [1.82, 2.24) is 24.2 Å². The average molecular weight is 568 g/mol. The number of carbonyl (C=O) groups excluding carboxylic acids is 1. The van der Waals surface area contributed by atoms with Gasteiger partial charge in [0, 0.05) is 63.6 Å². The lowest BCUT2D eigenvalue weighted by Crippen LogP contribution is -2.59. The van der Waals surface area contributed by atoms with E-state index in [1.165, 1.54) is 22.2 Å². The van der Waals surface area contributed by atoms with Crippen LogP contribution in [0, 0.1) is 5.82 Å². The van der Waals surface area contributed by atoms with Crippen molar-refractivity contribution in [3.63, 3.8) is 0 Å². The minimum absolute atomic E-state index is 0.000261. The zero-order chi connectivity index (χ0) is 27.9. The van der Waals surface area contributed by atoms with Gasteiger partial charge in [0.15, 0.2) is 5.78 Å². The van der Waals surface area contributed by atoms with Crippen LogP contribution in [0.1, 0.15) is 54.4 Å². The Morgan fingerprint density at radius 2 is 1.68 bits per heavy atom. The van der Waals surface area contributed by atoms with Crippen molar-refractivity contribution in [2.45, 2.75) is 61.2 Å². The van der Waals surface area contributed by atoms with Crippen LogP contribution < -0.4 is 0 Å². The Hall–Kier alpha value is -2.52. The third-order valence-corrected chi connectivity index (χ3v) is 9.17. The highest BCUT2D eigenvalue weighted by molar-refractivity contribution is 7.89. The molecule has 0 spiro atoms. The molecule has 1 aliphatic carbocycles. The highest BCUT2D eigenvalue weighted by Gasteiger charge is 2.48. The molecule has 38 heavy (non-hydrogen) atoms. The third kappa shape index (κ3) is 5.88. The number of nitrogens with zero attached hydrogens (tertiary/aromatic N) is 5. The number of ketones is 1. The Morgan fingerprint density at radius 1 is 1.05 bits per heavy atom. The SMILES string of the molecule is Cn1cc(S(=O)(=O)N2CCN(C3(CCC(=O)c4ccc(F)cc4C(F)(F)F)CCC(F)(F)CC3)CC2)nn1. The van der Waals surface area contributed by atoms with Gasteiger partial charge in [-0.3, -0.25) is 14.4 Å². The van der Waals surface area contributed by atoms with Gasteiger partial charge in [-0.05, 0) is 37.5 Å². The van der Waals surface area contributed by atoms with Gasteiger partial charge in [0.1, 0.15) is 5.82 Å². The first-order valence-electron chi connectivity index (χ1n) is 12.0. The summed E-state index contributed by atoms with van der Waals surface area (Å²) in [6.07, 6.45) is -4.94. The number of alkyl halides is 5. The number of carbonyl (C=O) groups is 1. The second-order valence-electron chi connectivity index (χ2n) is 9.81. The molecule has 2 aliphatic rings. The molecule has 1 saturated carbocycles. The molecule has 2 heterocycles. The van der Waals surface area contributed by atoms with Crippen LogP contribution in [0.15, 0.2) is 29.4 Å². The molecule has 0 bridgehead atoms. The Labute approximate surface area is 215 Å². The Bertz CT molecular complexity index is 1280. The lowest BCUT2D eigenvalue weighted by atomic mass is 9.74. The third-order valence-electron chi connectivity index (χ3n) is 7.41. The largest absolute Gasteiger partial charge is 0.417 e. The maximum absolute atomic E-state index is 14.1. The van der Waals surface area contributed by atoms with Crippen molar-refractivity contribution in [2.24, 2.45) is 7.05 Å². The molecular weight excluding hydrogens is 540 g/mol. The summed E-state index contributed by atoms with van der Waals surface area (Å²) in [5, 5.41) is 7.08. The quantitative estimate of drug-likeness (QED) is 0.373. The fourth-order valence-electron chi connectivity index (χ4n) is 5.26. The number of rotatable bonds is 7. The number of hydrogen-bond donors (Lipinski definition) is 0. The second-order valence-corrected chi connectivity index (χ2v) is 11.7. The molecule has 2 aromatic rings. The fourth-order valence-corrected chi connectivity index (χ4v) is 6.59. The first-order chi connectivity index (χ1) is 17.6. The van der Waals surface area contributed by atoms with Crippen LogP contribution in [0.5, 0.6) is 0 Å². The topological polar surface area (TPSA) is 88.4 Å². The smallest absolute Gasteiger partial charge is 0.295 e. The molecule has 1 aromatic carbocycles. The summed E-state index contributed by atoms with van der Waals surface area (Å²) < 4.78 is 110. The van der Waals surface area contributed by atoms with Gasteiger partial charge in [-0.25, -0.2) is 21.6 Å². The van der Waals surface area contributed by atoms with Gasteiger partial charge in [0.25, 0.3) is 10.0 Å². The molecule has 0 N–H and O–H groups in total. The minimum atomic E-state index is -4.94. The van der Waals surface area contributed by atoms with E-state index in [1.807, 2.05) is 4.90 Å². The fraction of sp³-hybridized carbons (Fsp3) is 0.609. The normalized spacial score (nSPS) is 20.9. The molecule has 15 heteroatoms. The van der Waals surface area contributed by atoms with Crippen LogP contribution >= 0.6 is 0 Å². The number of aryl methyl sites for hydroxylation is 1. The van der Waals surface area contributed by atoms with Gasteiger partial charge in [-0.15, -0.1) is 5.10 Å². The monoisotopic (exact) mass is 567 g/mol. The molecule has 0 amide bonds. The van der Waals surface area contributed by atoms with Gasteiger partial charge in [0.05, 0.1) is 11.8 Å². The van der Waals surface area contributed by atoms with Crippen molar-refractivity contribution >= 4 is 15.8 Å². The van der Waals surface area contributed by atoms with E-state index < -0.39 is 63.2 Å². The molecule has 0 unspecified atom stereocenters. The maximum Gasteiger partial charge on any atom is 0.417 e. The predicted molar refractivity (Wildman–Crippen MR) is 122 cm³/mol. The van der Waals surface area contributed by atoms with E-state index in [4.69, 9.17) is 0 Å². The van der Waals surface area contributed by atoms with Crippen molar-refractivity contribution < 1.29 is 39.6 Å². The molecule has 8 nitrogen and oxygen atoms in total. The molecule has 0 radical (unpaired) electrons. The van der Waals surface area contributed by atoms with Crippen LogP contribution in [0.25, 0.3) is 0 Å². The molecule has 2 fully saturated rings. The number of sulfonamides is 1. The highest BCUT2D eigenvalue weighted by Crippen LogP contribution is 2.45. The maximum atomic E-state index is 14.1. The van der Waals surface area contributed by atoms with Gasteiger partial charge < -0.3 is 0 Å². The summed E-state index contributed by atoms with van der Waals surface area (Å²) in [6.45, 7) is 0.454. The van der Waals surface area contributed by atoms with Gasteiger partial charge in [0.2, 0.25) is 10.9 Å². The summed E-state index contributed by atoms with van der Waals surface area (Å²) in [6, 6.07) is 1.83. The standard InChI is InChI=1S/C23H27F6N5O3S/c1-32-15-20(30-31-32)38(36,37)34-12-10-33(11-13-34)21(6-8-22(25,26)9-7-21)5-4-19(35)17-3-2-16(24)14-18(17)23(27,28)29/h2-3,14-15H,4-13H2,1H3. The average Bonchev–Trinajstić information content (AvgIpc) is 3.30. The zero-order valence-corrected chi connectivity index (χ0v) is 21.3. The van der Waals surface area contributed by atoms with Gasteiger partial charge in [-0.2, -0.15) is 17.5 Å². The van der Waals surface area contributed by atoms with Crippen LogP contribution in [0.3, 0.4) is 0 Å². The number of Topliss-reactive ketones (excluding diaryl/α,β-unsaturated/α-hetero) is 1. The van der Waals surface area contributed by atoms with E-state index in [0.717, 1.165) is 12.1 Å². The van der Waals surface area contributed by atoms with E-state index in [-0.39, 0.29) is 63.0 Å². The summed E-state index contributed by atoms with van der Waals surface area (Å²) in [5.41, 5.74) is -2.97. The molecule has 0 atom stereocenters. The Kier molecular flexibility index (Phi) is 7.67. The number of hydrogen-bond acceptors (Lipinski definition) is 6. The van der Waals surface area contributed by atoms with Crippen LogP contribution in [-0.4, -0.2) is 76.0 Å². The summed E-state index contributed by atoms with van der Waals surface area (Å²) in [4.78, 5) is 14.7. The molecule has 4 rings (SSSR count). The summed E-state index contributed by atoms with van der Waals surface area (Å²) >= 11 is 0. The molecule has 1 aliphatic heterocycles. The van der Waals surface area contributed by atoms with Crippen LogP contribution in [0.2, 0.25) is 0 Å². The second kappa shape index (κ2) is 10.2. The zero-order valence-electron chi connectivity index (χ0n) is 20.5. The molecule has 1 aromatic heterocycles. The van der Waals surface area contributed by atoms with Crippen LogP contribution in [-0.2, 0) is 23.2 Å². The van der Waals surface area contributed by atoms with E-state index in [1.54, 1.807) is 0 Å². The molecular formula is C23H27F6N5O3S. The first-order valence-corrected chi connectivity index (χ1v) is 13.5. The first kappa shape index (κ1) is 28.5. The van der Waals surface area contributed by atoms with Crippen molar-refractivity contribution in [1.29, 1.82) is 0 Å². The minimum Gasteiger partial charge on any atom is -0.295 e. The highest BCUT2D eigenvalue weighted by atomic mass is 32.2.